The van der Waals surface area contributed by atoms with Gasteiger partial charge in [-0.25, -0.2) is 0 Å². The third-order valence-corrected chi connectivity index (χ3v) is 2.72. The molecular formula is C10H14N2O. The fraction of sp³-hybridized carbons (Fsp3) is 0.500. The van der Waals surface area contributed by atoms with Gasteiger partial charge >= 0.3 is 0 Å². The molecule has 1 aromatic heterocycles. The maximum Gasteiger partial charge on any atom is 0.268 e. The predicted molar refractivity (Wildman–Crippen MR) is 50.7 cm³/mol. The molecule has 0 fully saturated rings. The number of nitrogens with one attached hydrogen (secondary N) is 1. The Morgan fingerprint density at radius 3 is 3.08 bits per heavy atom. The molecule has 0 radical (unpaired) electrons. The average molecular weight is 178 g/mol. The Bertz CT molecular complexity index is 329. The molecule has 0 bridgehead atoms. The second-order valence-electron chi connectivity index (χ2n) is 3.54. The number of amides is 1. The molecule has 2 heterocycles. The van der Waals surface area contributed by atoms with Crippen LogP contribution in [0.1, 0.15) is 36.8 Å². The number of hydrogen-bond donors (Lipinski definition) is 1. The highest BCUT2D eigenvalue weighted by atomic mass is 16.2. The van der Waals surface area contributed by atoms with E-state index in [-0.39, 0.29) is 11.9 Å². The smallest absolute Gasteiger partial charge is 0.268 e. The van der Waals surface area contributed by atoms with Gasteiger partial charge in [-0.3, -0.25) is 4.79 Å². The zero-order chi connectivity index (χ0) is 9.42. The molecule has 2 atom stereocenters. The standard InChI is InChI=1S/C10H14N2O/c1-3-8-7(2)11-10(13)9-5-4-6-12(8)9/h4-8H,3H2,1-2H3,(H,11,13). The zero-order valence-corrected chi connectivity index (χ0v) is 7.95. The van der Waals surface area contributed by atoms with E-state index in [1.54, 1.807) is 0 Å². The summed E-state index contributed by atoms with van der Waals surface area (Å²) in [6.07, 6.45) is 3.03. The first-order valence-electron chi connectivity index (χ1n) is 4.71. The van der Waals surface area contributed by atoms with E-state index < -0.39 is 0 Å². The molecule has 3 heteroatoms. The van der Waals surface area contributed by atoms with E-state index >= 15 is 0 Å². The summed E-state index contributed by atoms with van der Waals surface area (Å²) in [5, 5.41) is 2.96. The SMILES string of the molecule is CCC1C(C)NC(=O)c2cccn21. The van der Waals surface area contributed by atoms with Gasteiger partial charge in [-0.2, -0.15) is 0 Å². The van der Waals surface area contributed by atoms with Crippen molar-refractivity contribution in [3.63, 3.8) is 0 Å². The summed E-state index contributed by atoms with van der Waals surface area (Å²) in [7, 11) is 0. The second kappa shape index (κ2) is 2.91. The predicted octanol–water partition coefficient (Wildman–Crippen LogP) is 1.57. The number of rotatable bonds is 1. The Morgan fingerprint density at radius 2 is 2.38 bits per heavy atom. The topological polar surface area (TPSA) is 34.0 Å². The van der Waals surface area contributed by atoms with Crippen molar-refractivity contribution in [1.82, 2.24) is 9.88 Å². The van der Waals surface area contributed by atoms with Gasteiger partial charge in [0.05, 0.1) is 6.04 Å². The van der Waals surface area contributed by atoms with Crippen LogP contribution in [0.2, 0.25) is 0 Å². The van der Waals surface area contributed by atoms with Crippen LogP contribution >= 0.6 is 0 Å². The molecule has 70 valence electrons. The Morgan fingerprint density at radius 1 is 1.62 bits per heavy atom. The van der Waals surface area contributed by atoms with Gasteiger partial charge in [0, 0.05) is 12.2 Å². The van der Waals surface area contributed by atoms with Crippen molar-refractivity contribution in [2.75, 3.05) is 0 Å². The lowest BCUT2D eigenvalue weighted by molar-refractivity contribution is 0.0883. The van der Waals surface area contributed by atoms with E-state index in [1.807, 2.05) is 18.3 Å². The minimum atomic E-state index is 0.0437. The van der Waals surface area contributed by atoms with Crippen molar-refractivity contribution < 1.29 is 4.79 Å². The molecule has 1 N–H and O–H groups in total. The van der Waals surface area contributed by atoms with Crippen LogP contribution in [0, 0.1) is 0 Å². The largest absolute Gasteiger partial charge is 0.346 e. The van der Waals surface area contributed by atoms with E-state index in [0.717, 1.165) is 12.1 Å². The molecule has 1 aliphatic rings. The summed E-state index contributed by atoms with van der Waals surface area (Å²) in [6.45, 7) is 4.19. The number of nitrogens with zero attached hydrogens (tertiary/aromatic N) is 1. The molecule has 2 rings (SSSR count). The van der Waals surface area contributed by atoms with Crippen LogP contribution in [0.4, 0.5) is 0 Å². The van der Waals surface area contributed by atoms with Crippen LogP contribution in [-0.4, -0.2) is 16.5 Å². The van der Waals surface area contributed by atoms with Crippen LogP contribution < -0.4 is 5.32 Å². The third kappa shape index (κ3) is 1.15. The summed E-state index contributed by atoms with van der Waals surface area (Å²) in [5.74, 6) is 0.0437. The Hall–Kier alpha value is -1.25. The van der Waals surface area contributed by atoms with Crippen molar-refractivity contribution >= 4 is 5.91 Å². The minimum absolute atomic E-state index is 0.0437. The van der Waals surface area contributed by atoms with Crippen LogP contribution in [-0.2, 0) is 0 Å². The number of hydrogen-bond acceptors (Lipinski definition) is 1. The van der Waals surface area contributed by atoms with Crippen LogP contribution in [0.5, 0.6) is 0 Å². The molecule has 1 aromatic rings. The molecule has 0 saturated carbocycles. The first kappa shape index (κ1) is 8.35. The lowest BCUT2D eigenvalue weighted by Crippen LogP contribution is -2.45. The summed E-state index contributed by atoms with van der Waals surface area (Å²) in [4.78, 5) is 11.5. The van der Waals surface area contributed by atoms with Crippen LogP contribution in [0.3, 0.4) is 0 Å². The van der Waals surface area contributed by atoms with E-state index in [0.29, 0.717) is 6.04 Å². The van der Waals surface area contributed by atoms with E-state index in [9.17, 15) is 4.79 Å². The fourth-order valence-corrected chi connectivity index (χ4v) is 2.04. The van der Waals surface area contributed by atoms with Crippen LogP contribution in [0.15, 0.2) is 18.3 Å². The van der Waals surface area contributed by atoms with Gasteiger partial charge in [0.2, 0.25) is 0 Å². The van der Waals surface area contributed by atoms with Gasteiger partial charge in [0.25, 0.3) is 5.91 Å². The third-order valence-electron chi connectivity index (χ3n) is 2.72. The average Bonchev–Trinajstić information content (AvgIpc) is 2.53. The highest BCUT2D eigenvalue weighted by Crippen LogP contribution is 2.23. The highest BCUT2D eigenvalue weighted by molar-refractivity contribution is 5.93. The number of aromatic nitrogens is 1. The van der Waals surface area contributed by atoms with Crippen molar-refractivity contribution in [2.45, 2.75) is 32.4 Å². The fourth-order valence-electron chi connectivity index (χ4n) is 2.04. The minimum Gasteiger partial charge on any atom is -0.346 e. The van der Waals surface area contributed by atoms with E-state index in [2.05, 4.69) is 23.7 Å². The normalized spacial score (nSPS) is 26.8. The van der Waals surface area contributed by atoms with Gasteiger partial charge in [-0.05, 0) is 25.5 Å². The Kier molecular flexibility index (Phi) is 1.87. The summed E-state index contributed by atoms with van der Waals surface area (Å²) >= 11 is 0. The molecular weight excluding hydrogens is 164 g/mol. The molecule has 3 nitrogen and oxygen atoms in total. The molecule has 0 aliphatic carbocycles. The lowest BCUT2D eigenvalue weighted by Gasteiger charge is -2.31. The number of carbonyl (C=O) groups is 1. The van der Waals surface area contributed by atoms with Gasteiger partial charge in [-0.15, -0.1) is 0 Å². The van der Waals surface area contributed by atoms with Gasteiger partial charge in [-0.1, -0.05) is 6.92 Å². The van der Waals surface area contributed by atoms with Crippen molar-refractivity contribution in [2.24, 2.45) is 0 Å². The maximum atomic E-state index is 11.5. The molecule has 0 aromatic carbocycles. The first-order chi connectivity index (χ1) is 6.24. The number of fused-ring (bicyclic) bond motifs is 1. The molecule has 0 spiro atoms. The molecule has 1 aliphatic heterocycles. The maximum absolute atomic E-state index is 11.5. The monoisotopic (exact) mass is 178 g/mol. The Balaban J connectivity index is 2.45. The van der Waals surface area contributed by atoms with E-state index in [1.165, 1.54) is 0 Å². The van der Waals surface area contributed by atoms with Gasteiger partial charge in [0.15, 0.2) is 0 Å². The van der Waals surface area contributed by atoms with Crippen molar-refractivity contribution in [3.8, 4) is 0 Å². The van der Waals surface area contributed by atoms with Crippen LogP contribution in [0.25, 0.3) is 0 Å². The molecule has 0 saturated heterocycles. The molecule has 2 unspecified atom stereocenters. The second-order valence-corrected chi connectivity index (χ2v) is 3.54. The van der Waals surface area contributed by atoms with Crippen molar-refractivity contribution in [3.05, 3.63) is 24.0 Å². The number of carbonyl (C=O) groups excluding carboxylic acids is 1. The van der Waals surface area contributed by atoms with E-state index in [4.69, 9.17) is 0 Å². The zero-order valence-electron chi connectivity index (χ0n) is 7.95. The van der Waals surface area contributed by atoms with Crippen molar-refractivity contribution in [1.29, 1.82) is 0 Å². The summed E-state index contributed by atoms with van der Waals surface area (Å²) < 4.78 is 2.07. The highest BCUT2D eigenvalue weighted by Gasteiger charge is 2.28. The quantitative estimate of drug-likeness (QED) is 0.696. The summed E-state index contributed by atoms with van der Waals surface area (Å²) in [5.41, 5.74) is 0.782. The molecule has 13 heavy (non-hydrogen) atoms. The lowest BCUT2D eigenvalue weighted by atomic mass is 10.0. The van der Waals surface area contributed by atoms with Gasteiger partial charge in [0.1, 0.15) is 5.69 Å². The molecule has 1 amide bonds. The van der Waals surface area contributed by atoms with Gasteiger partial charge < -0.3 is 9.88 Å². The summed E-state index contributed by atoms with van der Waals surface area (Å²) in [6, 6.07) is 4.43. The Labute approximate surface area is 77.7 Å². The first-order valence-corrected chi connectivity index (χ1v) is 4.71.